The first kappa shape index (κ1) is 11.5. The molecule has 0 heterocycles. The van der Waals surface area contributed by atoms with E-state index in [1.54, 1.807) is 0 Å². The zero-order chi connectivity index (χ0) is 11.5. The number of primary sulfonamides is 1. The molecule has 0 spiro atoms. The largest absolute Gasteiger partial charge is 0.495 e. The van der Waals surface area contributed by atoms with Gasteiger partial charge < -0.3 is 10.1 Å². The van der Waals surface area contributed by atoms with Gasteiger partial charge in [0.2, 0.25) is 16.4 Å². The van der Waals surface area contributed by atoms with Gasteiger partial charge in [-0.1, -0.05) is 0 Å². The van der Waals surface area contributed by atoms with Gasteiger partial charge in [-0.3, -0.25) is 4.79 Å². The number of anilines is 1. The predicted octanol–water partition coefficient (Wildman–Crippen LogP) is -0.0891. The predicted molar refractivity (Wildman–Crippen MR) is 54.1 cm³/mol. The SMILES string of the molecule is COc1cc(NC=O)ccc1S(N)(=O)=O. The van der Waals surface area contributed by atoms with Crippen molar-refractivity contribution < 1.29 is 17.9 Å². The monoisotopic (exact) mass is 230 g/mol. The van der Waals surface area contributed by atoms with Crippen molar-refractivity contribution in [3.05, 3.63) is 18.2 Å². The highest BCUT2D eigenvalue weighted by Gasteiger charge is 2.14. The van der Waals surface area contributed by atoms with E-state index in [2.05, 4.69) is 5.32 Å². The highest BCUT2D eigenvalue weighted by molar-refractivity contribution is 7.89. The molecule has 0 saturated carbocycles. The fourth-order valence-electron chi connectivity index (χ4n) is 1.06. The summed E-state index contributed by atoms with van der Waals surface area (Å²) in [7, 11) is -2.50. The number of carbonyl (C=O) groups excluding carboxylic acids is 1. The smallest absolute Gasteiger partial charge is 0.241 e. The maximum Gasteiger partial charge on any atom is 0.241 e. The van der Waals surface area contributed by atoms with E-state index in [4.69, 9.17) is 9.88 Å². The third-order valence-corrected chi connectivity index (χ3v) is 2.65. The fraction of sp³-hybridized carbons (Fsp3) is 0.125. The molecule has 1 aromatic carbocycles. The summed E-state index contributed by atoms with van der Waals surface area (Å²) in [4.78, 5) is 10.0. The molecule has 0 aliphatic carbocycles. The van der Waals surface area contributed by atoms with Gasteiger partial charge >= 0.3 is 0 Å². The van der Waals surface area contributed by atoms with Crippen LogP contribution in [0.1, 0.15) is 0 Å². The maximum atomic E-state index is 11.1. The van der Waals surface area contributed by atoms with Crippen LogP contribution in [0.15, 0.2) is 23.1 Å². The van der Waals surface area contributed by atoms with Crippen LogP contribution in [0.4, 0.5) is 5.69 Å². The first-order valence-electron chi connectivity index (χ1n) is 3.90. The third kappa shape index (κ3) is 2.67. The molecule has 7 heteroatoms. The lowest BCUT2D eigenvalue weighted by Gasteiger charge is -2.08. The number of rotatable bonds is 4. The fourth-order valence-corrected chi connectivity index (χ4v) is 1.74. The number of nitrogens with one attached hydrogen (secondary N) is 1. The third-order valence-electron chi connectivity index (χ3n) is 1.70. The molecule has 1 aromatic rings. The molecular weight excluding hydrogens is 220 g/mol. The number of benzene rings is 1. The number of methoxy groups -OCH3 is 1. The molecule has 82 valence electrons. The summed E-state index contributed by atoms with van der Waals surface area (Å²) < 4.78 is 27.0. The molecule has 0 aliphatic rings. The Labute approximate surface area is 87.1 Å². The Morgan fingerprint density at radius 1 is 1.47 bits per heavy atom. The normalized spacial score (nSPS) is 10.8. The van der Waals surface area contributed by atoms with E-state index in [0.717, 1.165) is 0 Å². The van der Waals surface area contributed by atoms with Crippen molar-refractivity contribution in [1.82, 2.24) is 0 Å². The number of carbonyl (C=O) groups is 1. The van der Waals surface area contributed by atoms with Gasteiger partial charge in [0.25, 0.3) is 0 Å². The van der Waals surface area contributed by atoms with Gasteiger partial charge in [-0.25, -0.2) is 13.6 Å². The summed E-state index contributed by atoms with van der Waals surface area (Å²) in [5.41, 5.74) is 0.425. The first-order chi connectivity index (χ1) is 6.99. The van der Waals surface area contributed by atoms with Crippen molar-refractivity contribution in [3.8, 4) is 5.75 Å². The molecule has 15 heavy (non-hydrogen) atoms. The summed E-state index contributed by atoms with van der Waals surface area (Å²) in [6, 6.07) is 4.05. The van der Waals surface area contributed by atoms with Crippen LogP contribution in [0, 0.1) is 0 Å². The molecule has 0 atom stereocenters. The second-order valence-electron chi connectivity index (χ2n) is 2.67. The topological polar surface area (TPSA) is 98.5 Å². The summed E-state index contributed by atoms with van der Waals surface area (Å²) in [6.07, 6.45) is 0.478. The van der Waals surface area contributed by atoms with Gasteiger partial charge in [0.15, 0.2) is 0 Å². The zero-order valence-corrected chi connectivity index (χ0v) is 8.74. The standard InChI is InChI=1S/C8H10N2O4S/c1-14-7-4-6(10-5-11)2-3-8(7)15(9,12)13/h2-5H,1H3,(H,10,11)(H2,9,12,13). The van der Waals surface area contributed by atoms with Gasteiger partial charge in [-0.2, -0.15) is 0 Å². The Morgan fingerprint density at radius 2 is 2.13 bits per heavy atom. The number of amides is 1. The van der Waals surface area contributed by atoms with Crippen molar-refractivity contribution in [2.75, 3.05) is 12.4 Å². The van der Waals surface area contributed by atoms with Crippen molar-refractivity contribution in [2.24, 2.45) is 5.14 Å². The molecule has 0 aromatic heterocycles. The van der Waals surface area contributed by atoms with Crippen LogP contribution in [0.3, 0.4) is 0 Å². The molecule has 0 aliphatic heterocycles. The van der Waals surface area contributed by atoms with Crippen molar-refractivity contribution in [3.63, 3.8) is 0 Å². The average Bonchev–Trinajstić information content (AvgIpc) is 2.16. The molecule has 6 nitrogen and oxygen atoms in total. The van der Waals surface area contributed by atoms with Gasteiger partial charge in [-0.05, 0) is 12.1 Å². The lowest BCUT2D eigenvalue weighted by Crippen LogP contribution is -2.13. The number of nitrogens with two attached hydrogens (primary N) is 1. The molecule has 1 rings (SSSR count). The molecule has 0 radical (unpaired) electrons. The van der Waals surface area contributed by atoms with E-state index in [1.807, 2.05) is 0 Å². The van der Waals surface area contributed by atoms with Crippen LogP contribution in [0.25, 0.3) is 0 Å². The maximum absolute atomic E-state index is 11.1. The van der Waals surface area contributed by atoms with Crippen LogP contribution in [-0.2, 0) is 14.8 Å². The molecule has 1 amide bonds. The molecular formula is C8H10N2O4S. The number of ether oxygens (including phenoxy) is 1. The minimum absolute atomic E-state index is 0.0874. The quantitative estimate of drug-likeness (QED) is 0.706. The van der Waals surface area contributed by atoms with E-state index in [0.29, 0.717) is 12.1 Å². The van der Waals surface area contributed by atoms with E-state index in [9.17, 15) is 13.2 Å². The highest BCUT2D eigenvalue weighted by atomic mass is 32.2. The van der Waals surface area contributed by atoms with Crippen molar-refractivity contribution in [1.29, 1.82) is 0 Å². The summed E-state index contributed by atoms with van der Waals surface area (Å²) in [5, 5.41) is 7.32. The van der Waals surface area contributed by atoms with Gasteiger partial charge in [-0.15, -0.1) is 0 Å². The Balaban J connectivity index is 3.27. The van der Waals surface area contributed by atoms with E-state index in [1.165, 1.54) is 25.3 Å². The second-order valence-corrected chi connectivity index (χ2v) is 4.20. The highest BCUT2D eigenvalue weighted by Crippen LogP contribution is 2.25. The molecule has 0 bridgehead atoms. The number of hydrogen-bond donors (Lipinski definition) is 2. The lowest BCUT2D eigenvalue weighted by atomic mass is 10.3. The van der Waals surface area contributed by atoms with Crippen LogP contribution in [0.2, 0.25) is 0 Å². The van der Waals surface area contributed by atoms with Crippen LogP contribution in [0.5, 0.6) is 5.75 Å². The number of sulfonamides is 1. The van der Waals surface area contributed by atoms with Crippen LogP contribution < -0.4 is 15.2 Å². The Hall–Kier alpha value is -1.60. The second kappa shape index (κ2) is 4.28. The van der Waals surface area contributed by atoms with Crippen LogP contribution >= 0.6 is 0 Å². The Bertz CT molecular complexity index is 470. The van der Waals surface area contributed by atoms with Crippen molar-refractivity contribution >= 4 is 22.1 Å². The molecule has 0 fully saturated rings. The lowest BCUT2D eigenvalue weighted by molar-refractivity contribution is -0.105. The number of hydrogen-bond acceptors (Lipinski definition) is 4. The van der Waals surface area contributed by atoms with E-state index < -0.39 is 10.0 Å². The minimum Gasteiger partial charge on any atom is -0.495 e. The summed E-state index contributed by atoms with van der Waals surface area (Å²) in [6.45, 7) is 0. The van der Waals surface area contributed by atoms with Gasteiger partial charge in [0.1, 0.15) is 10.6 Å². The van der Waals surface area contributed by atoms with E-state index in [-0.39, 0.29) is 10.6 Å². The van der Waals surface area contributed by atoms with Gasteiger partial charge in [0, 0.05) is 11.8 Å². The first-order valence-corrected chi connectivity index (χ1v) is 5.44. The zero-order valence-electron chi connectivity index (χ0n) is 7.93. The molecule has 3 N–H and O–H groups in total. The average molecular weight is 230 g/mol. The summed E-state index contributed by atoms with van der Waals surface area (Å²) in [5.74, 6) is 0.0874. The molecule has 0 saturated heterocycles. The van der Waals surface area contributed by atoms with Crippen molar-refractivity contribution in [2.45, 2.75) is 4.90 Å². The van der Waals surface area contributed by atoms with E-state index >= 15 is 0 Å². The summed E-state index contributed by atoms with van der Waals surface area (Å²) >= 11 is 0. The Kier molecular flexibility index (Phi) is 3.28. The van der Waals surface area contributed by atoms with Crippen LogP contribution in [-0.4, -0.2) is 21.9 Å². The van der Waals surface area contributed by atoms with Gasteiger partial charge in [0.05, 0.1) is 7.11 Å². The Morgan fingerprint density at radius 3 is 2.60 bits per heavy atom. The minimum atomic E-state index is -3.82. The molecule has 0 unspecified atom stereocenters.